The SMILES string of the molecule is Cc1ncsc1CN1CC[C@@]2(C[C@H](N3CCCC3=O)CCO2)C1. The summed E-state index contributed by atoms with van der Waals surface area (Å²) in [6, 6.07) is 0.392. The molecule has 0 N–H and O–H groups in total. The highest BCUT2D eigenvalue weighted by atomic mass is 32.1. The average molecular weight is 335 g/mol. The molecule has 3 fully saturated rings. The van der Waals surface area contributed by atoms with E-state index in [0.717, 1.165) is 70.6 Å². The van der Waals surface area contributed by atoms with Crippen LogP contribution in [0, 0.1) is 6.92 Å². The Labute approximate surface area is 141 Å². The zero-order valence-corrected chi connectivity index (χ0v) is 14.6. The fourth-order valence-corrected chi connectivity index (χ4v) is 5.17. The Kier molecular flexibility index (Phi) is 4.15. The maximum atomic E-state index is 12.1. The number of amides is 1. The lowest BCUT2D eigenvalue weighted by molar-refractivity contribution is -0.137. The zero-order chi connectivity index (χ0) is 15.9. The van der Waals surface area contributed by atoms with Gasteiger partial charge < -0.3 is 9.64 Å². The van der Waals surface area contributed by atoms with Crippen molar-refractivity contribution in [2.24, 2.45) is 0 Å². The number of hydrogen-bond acceptors (Lipinski definition) is 5. The number of rotatable bonds is 3. The van der Waals surface area contributed by atoms with Crippen molar-refractivity contribution in [3.63, 3.8) is 0 Å². The zero-order valence-electron chi connectivity index (χ0n) is 13.8. The lowest BCUT2D eigenvalue weighted by Gasteiger charge is -2.41. The summed E-state index contributed by atoms with van der Waals surface area (Å²) in [7, 11) is 0. The molecule has 126 valence electrons. The molecule has 0 radical (unpaired) electrons. The number of carbonyl (C=O) groups is 1. The van der Waals surface area contributed by atoms with Crippen molar-refractivity contribution in [1.29, 1.82) is 0 Å². The van der Waals surface area contributed by atoms with Gasteiger partial charge in [-0.25, -0.2) is 4.98 Å². The normalized spacial score (nSPS) is 32.3. The second kappa shape index (κ2) is 6.15. The highest BCUT2D eigenvalue weighted by molar-refractivity contribution is 7.09. The van der Waals surface area contributed by atoms with Gasteiger partial charge in [0.1, 0.15) is 0 Å². The minimum Gasteiger partial charge on any atom is -0.373 e. The first-order valence-electron chi connectivity index (χ1n) is 8.70. The maximum absolute atomic E-state index is 12.1. The molecule has 3 saturated heterocycles. The van der Waals surface area contributed by atoms with Crippen LogP contribution < -0.4 is 0 Å². The summed E-state index contributed by atoms with van der Waals surface area (Å²) in [6.07, 6.45) is 4.86. The first-order valence-corrected chi connectivity index (χ1v) is 9.58. The van der Waals surface area contributed by atoms with Crippen molar-refractivity contribution in [1.82, 2.24) is 14.8 Å². The number of likely N-dealkylation sites (tertiary alicyclic amines) is 2. The Bertz CT molecular complexity index is 590. The van der Waals surface area contributed by atoms with E-state index in [9.17, 15) is 4.79 Å². The van der Waals surface area contributed by atoms with Crippen LogP contribution in [-0.4, -0.2) is 58.6 Å². The Morgan fingerprint density at radius 3 is 3.13 bits per heavy atom. The second-order valence-electron chi connectivity index (χ2n) is 7.19. The maximum Gasteiger partial charge on any atom is 0.222 e. The largest absolute Gasteiger partial charge is 0.373 e. The van der Waals surface area contributed by atoms with E-state index in [2.05, 4.69) is 21.7 Å². The van der Waals surface area contributed by atoms with E-state index in [4.69, 9.17) is 4.74 Å². The van der Waals surface area contributed by atoms with Gasteiger partial charge in [0.05, 0.1) is 16.8 Å². The van der Waals surface area contributed by atoms with E-state index < -0.39 is 0 Å². The van der Waals surface area contributed by atoms with Crippen LogP contribution in [0.5, 0.6) is 0 Å². The average Bonchev–Trinajstić information content (AvgIpc) is 3.23. The van der Waals surface area contributed by atoms with E-state index in [1.807, 2.05) is 5.51 Å². The minimum atomic E-state index is -0.0373. The summed E-state index contributed by atoms with van der Waals surface area (Å²) in [5.41, 5.74) is 3.05. The first-order chi connectivity index (χ1) is 11.2. The molecule has 1 spiro atoms. The first kappa shape index (κ1) is 15.5. The van der Waals surface area contributed by atoms with Crippen molar-refractivity contribution in [3.05, 3.63) is 16.1 Å². The Morgan fingerprint density at radius 1 is 1.48 bits per heavy atom. The summed E-state index contributed by atoms with van der Waals surface area (Å²) >= 11 is 1.75. The molecular weight excluding hydrogens is 310 g/mol. The van der Waals surface area contributed by atoms with Crippen LogP contribution in [0.3, 0.4) is 0 Å². The molecule has 0 aliphatic carbocycles. The Balaban J connectivity index is 1.40. The summed E-state index contributed by atoms with van der Waals surface area (Å²) in [4.78, 5) is 22.4. The highest BCUT2D eigenvalue weighted by Crippen LogP contribution is 2.37. The molecule has 5 nitrogen and oxygen atoms in total. The molecule has 0 bridgehead atoms. The number of thiazole rings is 1. The van der Waals surface area contributed by atoms with Gasteiger partial charge in [0.15, 0.2) is 0 Å². The summed E-state index contributed by atoms with van der Waals surface area (Å²) < 4.78 is 6.24. The molecule has 4 rings (SSSR count). The molecule has 0 aromatic carbocycles. The molecule has 23 heavy (non-hydrogen) atoms. The smallest absolute Gasteiger partial charge is 0.222 e. The van der Waals surface area contributed by atoms with Crippen LogP contribution in [0.4, 0.5) is 0 Å². The van der Waals surface area contributed by atoms with Crippen LogP contribution in [0.25, 0.3) is 0 Å². The predicted octanol–water partition coefficient (Wildman–Crippen LogP) is 2.20. The molecule has 4 heterocycles. The van der Waals surface area contributed by atoms with Crippen molar-refractivity contribution in [3.8, 4) is 0 Å². The molecule has 2 atom stereocenters. The fourth-order valence-electron chi connectivity index (χ4n) is 4.35. The van der Waals surface area contributed by atoms with E-state index in [0.29, 0.717) is 11.9 Å². The van der Waals surface area contributed by atoms with E-state index in [-0.39, 0.29) is 5.60 Å². The lowest BCUT2D eigenvalue weighted by atomic mass is 9.89. The number of aromatic nitrogens is 1. The van der Waals surface area contributed by atoms with Crippen molar-refractivity contribution < 1.29 is 9.53 Å². The van der Waals surface area contributed by atoms with Gasteiger partial charge in [-0.1, -0.05) is 0 Å². The topological polar surface area (TPSA) is 45.7 Å². The number of aryl methyl sites for hydroxylation is 1. The van der Waals surface area contributed by atoms with Gasteiger partial charge in [0, 0.05) is 50.1 Å². The van der Waals surface area contributed by atoms with Gasteiger partial charge in [-0.3, -0.25) is 9.69 Å². The second-order valence-corrected chi connectivity index (χ2v) is 8.13. The number of nitrogens with zero attached hydrogens (tertiary/aromatic N) is 3. The molecule has 3 aliphatic rings. The Hall–Kier alpha value is -0.980. The predicted molar refractivity (Wildman–Crippen MR) is 89.4 cm³/mol. The standard InChI is InChI=1S/C17H25N3O2S/c1-13-15(23-12-18-13)10-19-7-5-17(11-19)9-14(4-8-22-17)20-6-2-3-16(20)21/h12,14H,2-11H2,1H3/t14-,17-/m1/s1. The van der Waals surface area contributed by atoms with Crippen LogP contribution in [-0.2, 0) is 16.1 Å². The molecule has 0 unspecified atom stereocenters. The molecule has 3 aliphatic heterocycles. The van der Waals surface area contributed by atoms with Crippen LogP contribution in [0.2, 0.25) is 0 Å². The van der Waals surface area contributed by atoms with Gasteiger partial charge in [-0.15, -0.1) is 11.3 Å². The van der Waals surface area contributed by atoms with Gasteiger partial charge in [-0.05, 0) is 32.6 Å². The molecule has 6 heteroatoms. The van der Waals surface area contributed by atoms with Crippen LogP contribution in [0.1, 0.15) is 42.7 Å². The summed E-state index contributed by atoms with van der Waals surface area (Å²) in [5, 5.41) is 0. The molecule has 1 aromatic heterocycles. The lowest BCUT2D eigenvalue weighted by Crippen LogP contribution is -2.50. The van der Waals surface area contributed by atoms with Crippen molar-refractivity contribution in [2.75, 3.05) is 26.2 Å². The minimum absolute atomic E-state index is 0.0373. The van der Waals surface area contributed by atoms with Crippen molar-refractivity contribution >= 4 is 17.2 Å². The molecule has 1 amide bonds. The summed E-state index contributed by atoms with van der Waals surface area (Å²) in [6.45, 7) is 6.88. The quantitative estimate of drug-likeness (QED) is 0.849. The van der Waals surface area contributed by atoms with E-state index >= 15 is 0 Å². The van der Waals surface area contributed by atoms with Gasteiger partial charge in [0.25, 0.3) is 0 Å². The summed E-state index contributed by atoms with van der Waals surface area (Å²) in [5.74, 6) is 0.349. The van der Waals surface area contributed by atoms with Gasteiger partial charge in [0.2, 0.25) is 5.91 Å². The third-order valence-corrected chi connectivity index (χ3v) is 6.55. The van der Waals surface area contributed by atoms with E-state index in [1.165, 1.54) is 4.88 Å². The van der Waals surface area contributed by atoms with Gasteiger partial charge in [-0.2, -0.15) is 0 Å². The number of hydrogen-bond donors (Lipinski definition) is 0. The van der Waals surface area contributed by atoms with E-state index in [1.54, 1.807) is 11.3 Å². The third-order valence-electron chi connectivity index (χ3n) is 5.63. The highest BCUT2D eigenvalue weighted by Gasteiger charge is 2.45. The van der Waals surface area contributed by atoms with Crippen LogP contribution >= 0.6 is 11.3 Å². The molecular formula is C17H25N3O2S. The van der Waals surface area contributed by atoms with Crippen LogP contribution in [0.15, 0.2) is 5.51 Å². The van der Waals surface area contributed by atoms with Gasteiger partial charge >= 0.3 is 0 Å². The fraction of sp³-hybridized carbons (Fsp3) is 0.765. The van der Waals surface area contributed by atoms with Crippen molar-refractivity contribution in [2.45, 2.75) is 57.2 Å². The molecule has 1 aromatic rings. The monoisotopic (exact) mass is 335 g/mol. The third kappa shape index (κ3) is 3.04. The molecule has 0 saturated carbocycles. The number of carbonyl (C=O) groups excluding carboxylic acids is 1. The number of ether oxygens (including phenoxy) is 1. The Morgan fingerprint density at radius 2 is 2.39 bits per heavy atom.